The maximum Gasteiger partial charge on any atom is 0.322 e. The first kappa shape index (κ1) is 19.9. The van der Waals surface area contributed by atoms with Crippen LogP contribution < -0.4 is 10.1 Å². The average molecular weight is 398 g/mol. The Bertz CT molecular complexity index is 892. The third kappa shape index (κ3) is 5.85. The molecule has 0 unspecified atom stereocenters. The molecule has 1 heterocycles. The van der Waals surface area contributed by atoms with Crippen LogP contribution in [-0.2, 0) is 17.6 Å². The van der Waals surface area contributed by atoms with Crippen LogP contribution in [0.2, 0.25) is 0 Å². The van der Waals surface area contributed by atoms with E-state index >= 15 is 0 Å². The van der Waals surface area contributed by atoms with Crippen molar-refractivity contribution in [2.75, 3.05) is 17.7 Å². The van der Waals surface area contributed by atoms with Crippen molar-refractivity contribution in [1.29, 1.82) is 0 Å². The lowest BCUT2D eigenvalue weighted by molar-refractivity contribution is -0.115. The van der Waals surface area contributed by atoms with Gasteiger partial charge in [0.1, 0.15) is 5.75 Å². The Labute approximate surface area is 168 Å². The molecule has 0 atom stereocenters. The van der Waals surface area contributed by atoms with Crippen molar-refractivity contribution in [2.45, 2.75) is 31.6 Å². The Kier molecular flexibility index (Phi) is 7.08. The van der Waals surface area contributed by atoms with E-state index in [0.29, 0.717) is 18.9 Å². The van der Waals surface area contributed by atoms with Crippen molar-refractivity contribution in [3.05, 3.63) is 65.5 Å². The number of anilines is 1. The lowest BCUT2D eigenvalue weighted by atomic mass is 10.1. The molecule has 6 nitrogen and oxygen atoms in total. The van der Waals surface area contributed by atoms with Gasteiger partial charge in [-0.1, -0.05) is 36.3 Å². The molecule has 146 valence electrons. The minimum absolute atomic E-state index is 0.115. The van der Waals surface area contributed by atoms with Gasteiger partial charge in [-0.15, -0.1) is 16.9 Å². The van der Waals surface area contributed by atoms with Crippen LogP contribution >= 0.6 is 11.8 Å². The second-order valence-electron chi connectivity index (χ2n) is 6.06. The Hall–Kier alpha value is -2.80. The van der Waals surface area contributed by atoms with Gasteiger partial charge in [0.05, 0.1) is 19.4 Å². The molecule has 7 heteroatoms. The van der Waals surface area contributed by atoms with E-state index in [4.69, 9.17) is 9.15 Å². The van der Waals surface area contributed by atoms with Crippen LogP contribution in [0.25, 0.3) is 0 Å². The van der Waals surface area contributed by atoms with Gasteiger partial charge in [0.2, 0.25) is 11.8 Å². The predicted octanol–water partition coefficient (Wildman–Crippen LogP) is 4.35. The lowest BCUT2D eigenvalue weighted by Crippen LogP contribution is -2.14. The molecule has 0 fully saturated rings. The third-order valence-corrected chi connectivity index (χ3v) is 4.80. The van der Waals surface area contributed by atoms with Crippen molar-refractivity contribution in [3.63, 3.8) is 0 Å². The summed E-state index contributed by atoms with van der Waals surface area (Å²) in [6.07, 6.45) is 0.750. The number of thioether (sulfide) groups is 1. The van der Waals surface area contributed by atoms with E-state index in [1.54, 1.807) is 11.8 Å². The van der Waals surface area contributed by atoms with Crippen LogP contribution in [-0.4, -0.2) is 28.5 Å². The highest BCUT2D eigenvalue weighted by molar-refractivity contribution is 7.99. The first-order valence-corrected chi connectivity index (χ1v) is 10.2. The fraction of sp³-hybridized carbons (Fsp3) is 0.286. The van der Waals surface area contributed by atoms with E-state index in [9.17, 15) is 4.79 Å². The summed E-state index contributed by atoms with van der Waals surface area (Å²) >= 11 is 1.80. The number of rotatable bonds is 9. The summed E-state index contributed by atoms with van der Waals surface area (Å²) in [5.41, 5.74) is 1.96. The molecule has 0 aliphatic carbocycles. The highest BCUT2D eigenvalue weighted by Crippen LogP contribution is 2.19. The molecule has 0 bridgehead atoms. The van der Waals surface area contributed by atoms with Gasteiger partial charge < -0.3 is 9.15 Å². The highest BCUT2D eigenvalue weighted by atomic mass is 32.2. The van der Waals surface area contributed by atoms with Crippen LogP contribution in [0, 0.1) is 0 Å². The number of hydrogen-bond donors (Lipinski definition) is 1. The highest BCUT2D eigenvalue weighted by Gasteiger charge is 2.11. The maximum atomic E-state index is 12.2. The summed E-state index contributed by atoms with van der Waals surface area (Å²) < 4.78 is 10.9. The zero-order valence-corrected chi connectivity index (χ0v) is 16.8. The van der Waals surface area contributed by atoms with Gasteiger partial charge in [-0.2, -0.15) is 0 Å². The molecule has 0 saturated carbocycles. The fourth-order valence-corrected chi connectivity index (χ4v) is 3.30. The second kappa shape index (κ2) is 9.94. The Morgan fingerprint density at radius 1 is 1.04 bits per heavy atom. The van der Waals surface area contributed by atoms with Crippen molar-refractivity contribution in [1.82, 2.24) is 10.2 Å². The van der Waals surface area contributed by atoms with E-state index in [1.807, 2.05) is 43.3 Å². The van der Waals surface area contributed by atoms with E-state index < -0.39 is 0 Å². The minimum atomic E-state index is -0.208. The van der Waals surface area contributed by atoms with Gasteiger partial charge in [0, 0.05) is 4.90 Å². The van der Waals surface area contributed by atoms with Gasteiger partial charge >= 0.3 is 6.01 Å². The SMILES string of the molecule is CCOc1ccc(CC(=O)Nc2nnc(Cc3ccc(SCC)cc3)o2)cc1. The molecular weight excluding hydrogens is 374 g/mol. The van der Waals surface area contributed by atoms with Gasteiger partial charge in [-0.25, -0.2) is 0 Å². The van der Waals surface area contributed by atoms with Gasteiger partial charge in [0.25, 0.3) is 0 Å². The average Bonchev–Trinajstić information content (AvgIpc) is 3.12. The summed E-state index contributed by atoms with van der Waals surface area (Å²) in [4.78, 5) is 13.4. The molecule has 1 aromatic heterocycles. The standard InChI is InChI=1S/C21H23N3O3S/c1-3-26-17-9-5-15(6-10-17)13-19(25)22-21-24-23-20(27-21)14-16-7-11-18(12-8-16)28-4-2/h5-12H,3-4,13-14H2,1-2H3,(H,22,24,25). The number of carbonyl (C=O) groups is 1. The van der Waals surface area contributed by atoms with E-state index in [0.717, 1.165) is 22.6 Å². The van der Waals surface area contributed by atoms with Crippen LogP contribution in [0.4, 0.5) is 6.01 Å². The van der Waals surface area contributed by atoms with Crippen molar-refractivity contribution < 1.29 is 13.9 Å². The first-order chi connectivity index (χ1) is 13.7. The Balaban J connectivity index is 1.52. The Morgan fingerprint density at radius 3 is 2.43 bits per heavy atom. The summed E-state index contributed by atoms with van der Waals surface area (Å²) in [6, 6.07) is 15.8. The largest absolute Gasteiger partial charge is 0.494 e. The number of nitrogens with one attached hydrogen (secondary N) is 1. The number of ether oxygens (including phenoxy) is 1. The van der Waals surface area contributed by atoms with Crippen molar-refractivity contribution in [3.8, 4) is 5.75 Å². The quantitative estimate of drug-likeness (QED) is 0.541. The van der Waals surface area contributed by atoms with Gasteiger partial charge in [-0.05, 0) is 48.1 Å². The fourth-order valence-electron chi connectivity index (χ4n) is 2.64. The molecular formula is C21H23N3O3S. The predicted molar refractivity (Wildman–Crippen MR) is 110 cm³/mol. The monoisotopic (exact) mass is 397 g/mol. The molecule has 28 heavy (non-hydrogen) atoms. The summed E-state index contributed by atoms with van der Waals surface area (Å²) in [5, 5.41) is 10.6. The molecule has 3 aromatic rings. The first-order valence-electron chi connectivity index (χ1n) is 9.22. The normalized spacial score (nSPS) is 10.6. The number of aromatic nitrogens is 2. The third-order valence-electron chi connectivity index (χ3n) is 3.90. The molecule has 0 aliphatic rings. The second-order valence-corrected chi connectivity index (χ2v) is 7.39. The maximum absolute atomic E-state index is 12.2. The Morgan fingerprint density at radius 2 is 1.75 bits per heavy atom. The topological polar surface area (TPSA) is 77.2 Å². The number of benzene rings is 2. The zero-order valence-electron chi connectivity index (χ0n) is 16.0. The minimum Gasteiger partial charge on any atom is -0.494 e. The molecule has 1 amide bonds. The summed E-state index contributed by atoms with van der Waals surface area (Å²) in [7, 11) is 0. The van der Waals surface area contributed by atoms with Crippen LogP contribution in [0.1, 0.15) is 30.9 Å². The van der Waals surface area contributed by atoms with Crippen molar-refractivity contribution in [2.24, 2.45) is 0 Å². The molecule has 0 spiro atoms. The number of nitrogens with zero attached hydrogens (tertiary/aromatic N) is 2. The molecule has 0 saturated heterocycles. The van der Waals surface area contributed by atoms with Gasteiger partial charge in [-0.3, -0.25) is 10.1 Å². The molecule has 3 rings (SSSR count). The van der Waals surface area contributed by atoms with Crippen LogP contribution in [0.5, 0.6) is 5.75 Å². The number of carbonyl (C=O) groups excluding carboxylic acids is 1. The van der Waals surface area contributed by atoms with Crippen LogP contribution in [0.15, 0.2) is 57.8 Å². The number of amides is 1. The summed E-state index contributed by atoms with van der Waals surface area (Å²) in [5.74, 6) is 2.09. The van der Waals surface area contributed by atoms with E-state index in [-0.39, 0.29) is 18.3 Å². The smallest absolute Gasteiger partial charge is 0.322 e. The zero-order chi connectivity index (χ0) is 19.8. The molecule has 1 N–H and O–H groups in total. The number of hydrogen-bond acceptors (Lipinski definition) is 6. The molecule has 0 aliphatic heterocycles. The lowest BCUT2D eigenvalue weighted by Gasteiger charge is -2.04. The van der Waals surface area contributed by atoms with Gasteiger partial charge in [0.15, 0.2) is 0 Å². The van der Waals surface area contributed by atoms with Crippen molar-refractivity contribution >= 4 is 23.7 Å². The molecule has 0 radical (unpaired) electrons. The van der Waals surface area contributed by atoms with E-state index in [1.165, 1.54) is 4.90 Å². The van der Waals surface area contributed by atoms with E-state index in [2.05, 4.69) is 34.6 Å². The van der Waals surface area contributed by atoms with Crippen LogP contribution in [0.3, 0.4) is 0 Å². The summed E-state index contributed by atoms with van der Waals surface area (Å²) in [6.45, 7) is 4.67. The molecule has 2 aromatic carbocycles.